The summed E-state index contributed by atoms with van der Waals surface area (Å²) in [6.45, 7) is 1.74. The van der Waals surface area contributed by atoms with E-state index in [1.807, 2.05) is 24.3 Å². The fourth-order valence-corrected chi connectivity index (χ4v) is 2.59. The van der Waals surface area contributed by atoms with Crippen LogP contribution in [0.1, 0.15) is 11.1 Å². The summed E-state index contributed by atoms with van der Waals surface area (Å²) in [7, 11) is -2.98. The van der Waals surface area contributed by atoms with Gasteiger partial charge in [0.05, 0.1) is 10.7 Å². The van der Waals surface area contributed by atoms with Crippen molar-refractivity contribution >= 4 is 27.0 Å². The molecule has 0 atom stereocenters. The molecule has 7 nitrogen and oxygen atoms in total. The molecule has 2 rings (SSSR count). The van der Waals surface area contributed by atoms with Gasteiger partial charge in [0.25, 0.3) is 5.69 Å². The molecule has 0 unspecified atom stereocenters. The maximum Gasteiger partial charge on any atom is 0.287 e. The number of nitrogens with zero attached hydrogens (tertiary/aromatic N) is 2. The van der Waals surface area contributed by atoms with Crippen LogP contribution in [0.25, 0.3) is 0 Å². The standard InChI is InChI=1S/C15H17N3O4S/c1-11-9-14(18(19)20)10-16-15(11)17-13-5-3-12(4-6-13)7-8-23(2,21)22/h3-6,9-10H,7-8H2,1-2H3,(H,16,17). The number of nitrogens with one attached hydrogen (secondary N) is 1. The van der Waals surface area contributed by atoms with Gasteiger partial charge >= 0.3 is 0 Å². The van der Waals surface area contributed by atoms with Gasteiger partial charge in [-0.05, 0) is 36.6 Å². The molecule has 1 heterocycles. The lowest BCUT2D eigenvalue weighted by atomic mass is 10.1. The first kappa shape index (κ1) is 16.9. The normalized spacial score (nSPS) is 11.2. The van der Waals surface area contributed by atoms with Crippen LogP contribution in [0, 0.1) is 17.0 Å². The van der Waals surface area contributed by atoms with E-state index in [1.54, 1.807) is 6.92 Å². The molecular weight excluding hydrogens is 318 g/mol. The van der Waals surface area contributed by atoms with E-state index < -0.39 is 14.8 Å². The fraction of sp³-hybridized carbons (Fsp3) is 0.267. The molecule has 2 aromatic rings. The number of anilines is 2. The summed E-state index contributed by atoms with van der Waals surface area (Å²) in [5.74, 6) is 0.655. The summed E-state index contributed by atoms with van der Waals surface area (Å²) in [6.07, 6.45) is 2.88. The zero-order chi connectivity index (χ0) is 17.0. The Morgan fingerprint density at radius 1 is 1.26 bits per heavy atom. The molecule has 0 aliphatic heterocycles. The lowest BCUT2D eigenvalue weighted by molar-refractivity contribution is -0.385. The highest BCUT2D eigenvalue weighted by Crippen LogP contribution is 2.22. The SMILES string of the molecule is Cc1cc([N+](=O)[O-])cnc1Nc1ccc(CCS(C)(=O)=O)cc1. The lowest BCUT2D eigenvalue weighted by Crippen LogP contribution is -2.05. The Bertz CT molecular complexity index is 817. The molecule has 0 saturated heterocycles. The molecule has 23 heavy (non-hydrogen) atoms. The van der Waals surface area contributed by atoms with Crippen molar-refractivity contribution in [2.75, 3.05) is 17.3 Å². The number of sulfone groups is 1. The molecule has 0 radical (unpaired) electrons. The topological polar surface area (TPSA) is 102 Å². The summed E-state index contributed by atoms with van der Waals surface area (Å²) in [5.41, 5.74) is 2.32. The van der Waals surface area contributed by atoms with Gasteiger partial charge in [-0.3, -0.25) is 10.1 Å². The number of hydrogen-bond donors (Lipinski definition) is 1. The Morgan fingerprint density at radius 3 is 2.43 bits per heavy atom. The van der Waals surface area contributed by atoms with E-state index in [0.29, 0.717) is 17.8 Å². The maximum absolute atomic E-state index is 11.2. The fourth-order valence-electron chi connectivity index (χ4n) is 1.99. The van der Waals surface area contributed by atoms with Gasteiger partial charge in [-0.25, -0.2) is 13.4 Å². The van der Waals surface area contributed by atoms with Crippen molar-refractivity contribution in [3.05, 3.63) is 57.8 Å². The van der Waals surface area contributed by atoms with Crippen molar-refractivity contribution in [2.45, 2.75) is 13.3 Å². The van der Waals surface area contributed by atoms with Crippen molar-refractivity contribution in [1.29, 1.82) is 0 Å². The first-order valence-electron chi connectivity index (χ1n) is 6.89. The van der Waals surface area contributed by atoms with Gasteiger partial charge in [0.15, 0.2) is 0 Å². The molecule has 1 aromatic carbocycles. The second-order valence-electron chi connectivity index (χ2n) is 5.32. The number of pyridine rings is 1. The Balaban J connectivity index is 2.08. The molecule has 0 spiro atoms. The second kappa shape index (κ2) is 6.74. The number of hydrogen-bond acceptors (Lipinski definition) is 6. The third kappa shape index (κ3) is 5.03. The monoisotopic (exact) mass is 335 g/mol. The summed E-state index contributed by atoms with van der Waals surface area (Å²) < 4.78 is 22.3. The predicted octanol–water partition coefficient (Wildman–Crippen LogP) is 2.63. The van der Waals surface area contributed by atoms with E-state index in [0.717, 1.165) is 11.3 Å². The van der Waals surface area contributed by atoms with Crippen LogP contribution >= 0.6 is 0 Å². The molecule has 8 heteroatoms. The Labute approximate surface area is 134 Å². The van der Waals surface area contributed by atoms with Crippen molar-refractivity contribution in [2.24, 2.45) is 0 Å². The van der Waals surface area contributed by atoms with Gasteiger partial charge < -0.3 is 5.32 Å². The zero-order valence-electron chi connectivity index (χ0n) is 12.8. The van der Waals surface area contributed by atoms with E-state index in [9.17, 15) is 18.5 Å². The summed E-state index contributed by atoms with van der Waals surface area (Å²) >= 11 is 0. The Kier molecular flexibility index (Phi) is 4.95. The highest BCUT2D eigenvalue weighted by Gasteiger charge is 2.09. The van der Waals surface area contributed by atoms with Crippen LogP contribution in [0.4, 0.5) is 17.2 Å². The average molecular weight is 335 g/mol. The quantitative estimate of drug-likeness (QED) is 0.643. The van der Waals surface area contributed by atoms with E-state index >= 15 is 0 Å². The number of nitro groups is 1. The molecular formula is C15H17N3O4S. The average Bonchev–Trinajstić information content (AvgIpc) is 2.47. The van der Waals surface area contributed by atoms with Crippen molar-refractivity contribution in [3.8, 4) is 0 Å². The summed E-state index contributed by atoms with van der Waals surface area (Å²) in [6, 6.07) is 8.78. The van der Waals surface area contributed by atoms with E-state index in [2.05, 4.69) is 10.3 Å². The third-order valence-electron chi connectivity index (χ3n) is 3.25. The van der Waals surface area contributed by atoms with Crippen LogP contribution < -0.4 is 5.32 Å². The first-order valence-corrected chi connectivity index (χ1v) is 8.95. The van der Waals surface area contributed by atoms with Crippen molar-refractivity contribution in [3.63, 3.8) is 0 Å². The van der Waals surface area contributed by atoms with Gasteiger partial charge in [0.2, 0.25) is 0 Å². The van der Waals surface area contributed by atoms with Crippen molar-refractivity contribution in [1.82, 2.24) is 4.98 Å². The molecule has 122 valence electrons. The van der Waals surface area contributed by atoms with Crippen LogP contribution in [0.15, 0.2) is 36.5 Å². The lowest BCUT2D eigenvalue weighted by Gasteiger charge is -2.09. The summed E-state index contributed by atoms with van der Waals surface area (Å²) in [5, 5.41) is 13.8. The van der Waals surface area contributed by atoms with Gasteiger partial charge in [-0.1, -0.05) is 12.1 Å². The first-order chi connectivity index (χ1) is 10.7. The van der Waals surface area contributed by atoms with Crippen LogP contribution in [0.5, 0.6) is 0 Å². The minimum Gasteiger partial charge on any atom is -0.340 e. The molecule has 0 bridgehead atoms. The largest absolute Gasteiger partial charge is 0.340 e. The highest BCUT2D eigenvalue weighted by atomic mass is 32.2. The summed E-state index contributed by atoms with van der Waals surface area (Å²) in [4.78, 5) is 14.3. The number of rotatable bonds is 6. The predicted molar refractivity (Wildman–Crippen MR) is 88.8 cm³/mol. The van der Waals surface area contributed by atoms with E-state index in [4.69, 9.17) is 0 Å². The van der Waals surface area contributed by atoms with Gasteiger partial charge in [0.1, 0.15) is 21.9 Å². The van der Waals surface area contributed by atoms with Gasteiger partial charge in [0, 0.05) is 18.0 Å². The number of aromatic nitrogens is 1. The Hall–Kier alpha value is -2.48. The van der Waals surface area contributed by atoms with Crippen LogP contribution in [0.3, 0.4) is 0 Å². The molecule has 0 amide bonds. The number of benzene rings is 1. The zero-order valence-corrected chi connectivity index (χ0v) is 13.6. The van der Waals surface area contributed by atoms with Crippen LogP contribution in [-0.2, 0) is 16.3 Å². The third-order valence-corrected chi connectivity index (χ3v) is 4.20. The smallest absolute Gasteiger partial charge is 0.287 e. The second-order valence-corrected chi connectivity index (χ2v) is 7.58. The number of aryl methyl sites for hydroxylation is 2. The molecule has 0 fully saturated rings. The Morgan fingerprint density at radius 2 is 1.91 bits per heavy atom. The molecule has 0 saturated carbocycles. The molecule has 1 aromatic heterocycles. The maximum atomic E-state index is 11.2. The van der Waals surface area contributed by atoms with E-state index in [-0.39, 0.29) is 11.4 Å². The van der Waals surface area contributed by atoms with Gasteiger partial charge in [-0.15, -0.1) is 0 Å². The molecule has 0 aliphatic carbocycles. The van der Waals surface area contributed by atoms with E-state index in [1.165, 1.54) is 18.5 Å². The highest BCUT2D eigenvalue weighted by molar-refractivity contribution is 7.90. The minimum atomic E-state index is -2.98. The molecule has 0 aliphatic rings. The van der Waals surface area contributed by atoms with Crippen LogP contribution in [0.2, 0.25) is 0 Å². The van der Waals surface area contributed by atoms with Crippen molar-refractivity contribution < 1.29 is 13.3 Å². The minimum absolute atomic E-state index is 0.0517. The molecule has 1 N–H and O–H groups in total. The van der Waals surface area contributed by atoms with Gasteiger partial charge in [-0.2, -0.15) is 0 Å². The van der Waals surface area contributed by atoms with Crippen LogP contribution in [-0.4, -0.2) is 30.3 Å².